The molecule has 0 aliphatic carbocycles. The number of nitrogens with two attached hydrogens (primary N) is 1. The van der Waals surface area contributed by atoms with Gasteiger partial charge in [0.2, 0.25) is 5.91 Å². The van der Waals surface area contributed by atoms with Crippen LogP contribution in [0.5, 0.6) is 0 Å². The molecule has 0 aromatic heterocycles. The van der Waals surface area contributed by atoms with Gasteiger partial charge in [-0.3, -0.25) is 4.79 Å². The molecule has 0 aliphatic heterocycles. The average molecular weight is 262 g/mol. The van der Waals surface area contributed by atoms with E-state index in [0.717, 1.165) is 6.42 Å². The molecule has 3 N–H and O–H groups in total. The Bertz CT molecular complexity index is 390. The molecule has 4 heteroatoms. The van der Waals surface area contributed by atoms with Gasteiger partial charge in [0.05, 0.1) is 0 Å². The van der Waals surface area contributed by atoms with Gasteiger partial charge >= 0.3 is 0 Å². The van der Waals surface area contributed by atoms with Gasteiger partial charge in [0.1, 0.15) is 6.10 Å². The van der Waals surface area contributed by atoms with E-state index in [-0.39, 0.29) is 5.91 Å². The van der Waals surface area contributed by atoms with Crippen LogP contribution >= 0.6 is 0 Å². The van der Waals surface area contributed by atoms with Crippen molar-refractivity contribution >= 4 is 5.91 Å². The molecular weight excluding hydrogens is 240 g/mol. The van der Waals surface area contributed by atoms with E-state index in [2.05, 4.69) is 17.4 Å². The summed E-state index contributed by atoms with van der Waals surface area (Å²) < 4.78 is 5.23. The van der Waals surface area contributed by atoms with E-state index in [1.807, 2.05) is 30.4 Å². The van der Waals surface area contributed by atoms with Gasteiger partial charge in [0.25, 0.3) is 0 Å². The van der Waals surface area contributed by atoms with Crippen molar-refractivity contribution < 1.29 is 9.53 Å². The Hall–Kier alpha value is -1.65. The molecule has 0 saturated heterocycles. The standard InChI is InChI=1S/C15H22N2O2/c1-19-14(15(18)17-12-6-5-11-16)10-9-13-7-3-2-4-8-13/h2-8,14H,9-12,16H2,1H3,(H,17,18)/b6-5+. The van der Waals surface area contributed by atoms with E-state index in [1.165, 1.54) is 5.56 Å². The van der Waals surface area contributed by atoms with Crippen LogP contribution in [0.1, 0.15) is 12.0 Å². The van der Waals surface area contributed by atoms with E-state index >= 15 is 0 Å². The van der Waals surface area contributed by atoms with Crippen LogP contribution in [0.25, 0.3) is 0 Å². The Morgan fingerprint density at radius 3 is 2.74 bits per heavy atom. The predicted molar refractivity (Wildman–Crippen MR) is 76.8 cm³/mol. The van der Waals surface area contributed by atoms with Gasteiger partial charge in [0, 0.05) is 20.2 Å². The number of carbonyl (C=O) groups is 1. The molecule has 1 aromatic rings. The largest absolute Gasteiger partial charge is 0.372 e. The van der Waals surface area contributed by atoms with Gasteiger partial charge in [-0.25, -0.2) is 0 Å². The van der Waals surface area contributed by atoms with Crippen molar-refractivity contribution in [1.29, 1.82) is 0 Å². The Labute approximate surface area is 114 Å². The number of benzene rings is 1. The molecule has 0 radical (unpaired) electrons. The minimum atomic E-state index is -0.411. The number of amides is 1. The Morgan fingerprint density at radius 2 is 2.11 bits per heavy atom. The summed E-state index contributed by atoms with van der Waals surface area (Å²) in [5.41, 5.74) is 6.53. The molecule has 0 saturated carbocycles. The van der Waals surface area contributed by atoms with Gasteiger partial charge in [-0.2, -0.15) is 0 Å². The van der Waals surface area contributed by atoms with Crippen molar-refractivity contribution in [3.05, 3.63) is 48.0 Å². The summed E-state index contributed by atoms with van der Waals surface area (Å²) in [6.07, 6.45) is 4.73. The van der Waals surface area contributed by atoms with Gasteiger partial charge in [0.15, 0.2) is 0 Å². The molecule has 104 valence electrons. The first-order chi connectivity index (χ1) is 9.27. The van der Waals surface area contributed by atoms with Crippen molar-refractivity contribution in [3.8, 4) is 0 Å². The second-order valence-corrected chi connectivity index (χ2v) is 4.20. The predicted octanol–water partition coefficient (Wildman–Crippen LogP) is 1.27. The van der Waals surface area contributed by atoms with Crippen LogP contribution in [0.4, 0.5) is 0 Å². The lowest BCUT2D eigenvalue weighted by Gasteiger charge is -2.14. The summed E-state index contributed by atoms with van der Waals surface area (Å²) in [6, 6.07) is 10.1. The number of nitrogens with one attached hydrogen (secondary N) is 1. The van der Waals surface area contributed by atoms with Crippen molar-refractivity contribution in [1.82, 2.24) is 5.32 Å². The topological polar surface area (TPSA) is 64.3 Å². The highest BCUT2D eigenvalue weighted by Crippen LogP contribution is 2.07. The molecule has 1 atom stereocenters. The fourth-order valence-corrected chi connectivity index (χ4v) is 1.75. The van der Waals surface area contributed by atoms with Crippen LogP contribution in [0.2, 0.25) is 0 Å². The van der Waals surface area contributed by atoms with Gasteiger partial charge < -0.3 is 15.8 Å². The number of ether oxygens (including phenoxy) is 1. The quantitative estimate of drug-likeness (QED) is 0.693. The van der Waals surface area contributed by atoms with Crippen LogP contribution in [-0.4, -0.2) is 32.2 Å². The van der Waals surface area contributed by atoms with Crippen molar-refractivity contribution in [3.63, 3.8) is 0 Å². The number of hydrogen-bond acceptors (Lipinski definition) is 3. The summed E-state index contributed by atoms with van der Waals surface area (Å²) in [5.74, 6) is -0.0832. The zero-order valence-corrected chi connectivity index (χ0v) is 11.3. The molecule has 1 aromatic carbocycles. The van der Waals surface area contributed by atoms with Crippen LogP contribution in [-0.2, 0) is 16.0 Å². The summed E-state index contributed by atoms with van der Waals surface area (Å²) in [6.45, 7) is 0.971. The third-order valence-electron chi connectivity index (χ3n) is 2.81. The normalized spacial score (nSPS) is 12.5. The minimum absolute atomic E-state index is 0.0832. The monoisotopic (exact) mass is 262 g/mol. The van der Waals surface area contributed by atoms with Crippen LogP contribution in [0, 0.1) is 0 Å². The SMILES string of the molecule is COC(CCc1ccccc1)C(=O)NC/C=C/CN. The molecule has 1 rings (SSSR count). The summed E-state index contributed by atoms with van der Waals surface area (Å²) >= 11 is 0. The van der Waals surface area contributed by atoms with Gasteiger partial charge in [-0.05, 0) is 18.4 Å². The number of rotatable bonds is 8. The maximum absolute atomic E-state index is 11.9. The fraction of sp³-hybridized carbons (Fsp3) is 0.400. The molecular formula is C15H22N2O2. The first-order valence-electron chi connectivity index (χ1n) is 6.47. The zero-order chi connectivity index (χ0) is 13.9. The highest BCUT2D eigenvalue weighted by molar-refractivity contribution is 5.80. The number of hydrogen-bond donors (Lipinski definition) is 2. The Kier molecular flexibility index (Phi) is 7.54. The van der Waals surface area contributed by atoms with Crippen LogP contribution < -0.4 is 11.1 Å². The molecule has 19 heavy (non-hydrogen) atoms. The lowest BCUT2D eigenvalue weighted by Crippen LogP contribution is -2.36. The van der Waals surface area contributed by atoms with Crippen molar-refractivity contribution in [2.24, 2.45) is 5.73 Å². The number of methoxy groups -OCH3 is 1. The molecule has 0 bridgehead atoms. The fourth-order valence-electron chi connectivity index (χ4n) is 1.75. The smallest absolute Gasteiger partial charge is 0.249 e. The van der Waals surface area contributed by atoms with Crippen LogP contribution in [0.15, 0.2) is 42.5 Å². The number of aryl methyl sites for hydroxylation is 1. The second kappa shape index (κ2) is 9.30. The van der Waals surface area contributed by atoms with E-state index in [1.54, 1.807) is 7.11 Å². The average Bonchev–Trinajstić information content (AvgIpc) is 2.45. The van der Waals surface area contributed by atoms with Gasteiger partial charge in [-0.1, -0.05) is 42.5 Å². The molecule has 0 aliphatic rings. The lowest BCUT2D eigenvalue weighted by molar-refractivity contribution is -0.131. The third-order valence-corrected chi connectivity index (χ3v) is 2.81. The first-order valence-corrected chi connectivity index (χ1v) is 6.47. The molecule has 4 nitrogen and oxygen atoms in total. The van der Waals surface area contributed by atoms with E-state index in [9.17, 15) is 4.79 Å². The van der Waals surface area contributed by atoms with E-state index < -0.39 is 6.10 Å². The second-order valence-electron chi connectivity index (χ2n) is 4.20. The highest BCUT2D eigenvalue weighted by Gasteiger charge is 2.16. The number of carbonyl (C=O) groups excluding carboxylic acids is 1. The lowest BCUT2D eigenvalue weighted by atomic mass is 10.1. The highest BCUT2D eigenvalue weighted by atomic mass is 16.5. The maximum atomic E-state index is 11.9. The summed E-state index contributed by atoms with van der Waals surface area (Å²) in [5, 5.41) is 2.80. The summed E-state index contributed by atoms with van der Waals surface area (Å²) in [4.78, 5) is 11.9. The summed E-state index contributed by atoms with van der Waals surface area (Å²) in [7, 11) is 1.56. The maximum Gasteiger partial charge on any atom is 0.249 e. The molecule has 0 spiro atoms. The molecule has 0 heterocycles. The molecule has 1 unspecified atom stereocenters. The van der Waals surface area contributed by atoms with E-state index in [0.29, 0.717) is 19.5 Å². The molecule has 1 amide bonds. The first kappa shape index (κ1) is 15.4. The zero-order valence-electron chi connectivity index (χ0n) is 11.3. The Morgan fingerprint density at radius 1 is 1.37 bits per heavy atom. The van der Waals surface area contributed by atoms with Crippen molar-refractivity contribution in [2.45, 2.75) is 18.9 Å². The Balaban J connectivity index is 2.36. The van der Waals surface area contributed by atoms with Crippen molar-refractivity contribution in [2.75, 3.05) is 20.2 Å². The van der Waals surface area contributed by atoms with Gasteiger partial charge in [-0.15, -0.1) is 0 Å². The minimum Gasteiger partial charge on any atom is -0.372 e. The third kappa shape index (κ3) is 6.18. The molecule has 0 fully saturated rings. The van der Waals surface area contributed by atoms with E-state index in [4.69, 9.17) is 10.5 Å². The van der Waals surface area contributed by atoms with Crippen LogP contribution in [0.3, 0.4) is 0 Å².